The lowest BCUT2D eigenvalue weighted by molar-refractivity contribution is -0.127. The van der Waals surface area contributed by atoms with Crippen LogP contribution >= 0.6 is 0 Å². The van der Waals surface area contributed by atoms with Crippen molar-refractivity contribution in [2.24, 2.45) is 11.3 Å². The van der Waals surface area contributed by atoms with Gasteiger partial charge in [-0.25, -0.2) is 9.97 Å². The average Bonchev–Trinajstić information content (AvgIpc) is 2.60. The average molecular weight is 371 g/mol. The Morgan fingerprint density at radius 2 is 2.04 bits per heavy atom. The van der Waals surface area contributed by atoms with Gasteiger partial charge in [-0.05, 0) is 30.4 Å². The summed E-state index contributed by atoms with van der Waals surface area (Å²) in [4.78, 5) is 25.9. The van der Waals surface area contributed by atoms with Crippen LogP contribution in [0.4, 0.5) is 0 Å². The van der Waals surface area contributed by atoms with Gasteiger partial charge in [0.05, 0.1) is 18.1 Å². The maximum atomic E-state index is 12.8. The third kappa shape index (κ3) is 4.25. The summed E-state index contributed by atoms with van der Waals surface area (Å²) in [5.74, 6) is 0.216. The third-order valence-corrected chi connectivity index (χ3v) is 5.26. The number of fused-ring (bicyclic) bond motifs is 1. The molecule has 7 nitrogen and oxygen atoms in total. The minimum Gasteiger partial charge on any atom is -0.392 e. The Labute approximate surface area is 160 Å². The molecule has 2 aromatic rings. The van der Waals surface area contributed by atoms with E-state index in [1.165, 1.54) is 0 Å². The molecule has 146 valence electrons. The van der Waals surface area contributed by atoms with Crippen LogP contribution in [0.1, 0.15) is 46.1 Å². The van der Waals surface area contributed by atoms with Gasteiger partial charge >= 0.3 is 0 Å². The number of nitrogens with zero attached hydrogens (tertiary/aromatic N) is 3. The summed E-state index contributed by atoms with van der Waals surface area (Å²) in [6.45, 7) is 9.44. The highest BCUT2D eigenvalue weighted by Gasteiger charge is 2.40. The number of pyridine rings is 1. The minimum absolute atomic E-state index is 0.0638. The highest BCUT2D eigenvalue weighted by Crippen LogP contribution is 2.34. The van der Waals surface area contributed by atoms with Gasteiger partial charge in [0.15, 0.2) is 5.65 Å². The molecule has 3 N–H and O–H groups in total. The van der Waals surface area contributed by atoms with Crippen LogP contribution in [-0.4, -0.2) is 45.2 Å². The summed E-state index contributed by atoms with van der Waals surface area (Å²) in [7, 11) is 0. The van der Waals surface area contributed by atoms with Gasteiger partial charge in [-0.2, -0.15) is 0 Å². The summed E-state index contributed by atoms with van der Waals surface area (Å²) >= 11 is 0. The number of aliphatic hydroxyl groups excluding tert-OH is 1. The molecule has 3 heterocycles. The van der Waals surface area contributed by atoms with Gasteiger partial charge in [-0.1, -0.05) is 27.7 Å². The molecule has 0 aliphatic carbocycles. The predicted molar refractivity (Wildman–Crippen MR) is 104 cm³/mol. The van der Waals surface area contributed by atoms with E-state index in [2.05, 4.69) is 32.5 Å². The first kappa shape index (κ1) is 19.6. The van der Waals surface area contributed by atoms with Crippen LogP contribution in [-0.2, 0) is 10.3 Å². The number of carbonyl (C=O) groups is 1. The molecule has 27 heavy (non-hydrogen) atoms. The van der Waals surface area contributed by atoms with Gasteiger partial charge in [-0.3, -0.25) is 9.78 Å². The van der Waals surface area contributed by atoms with E-state index < -0.39 is 11.6 Å². The van der Waals surface area contributed by atoms with E-state index in [1.54, 1.807) is 18.6 Å². The van der Waals surface area contributed by atoms with Gasteiger partial charge in [-0.15, -0.1) is 0 Å². The van der Waals surface area contributed by atoms with Crippen molar-refractivity contribution in [3.63, 3.8) is 0 Å². The van der Waals surface area contributed by atoms with E-state index in [4.69, 9.17) is 0 Å². The number of aliphatic hydroxyl groups is 1. The normalized spacial score (nSPS) is 24.6. The van der Waals surface area contributed by atoms with Gasteiger partial charge < -0.3 is 15.7 Å². The highest BCUT2D eigenvalue weighted by molar-refractivity contribution is 5.80. The number of piperidine rings is 1. The minimum atomic E-state index is -0.711. The van der Waals surface area contributed by atoms with Crippen LogP contribution in [0.25, 0.3) is 11.2 Å². The monoisotopic (exact) mass is 371 g/mol. The Morgan fingerprint density at radius 3 is 2.74 bits per heavy atom. The smallest absolute Gasteiger partial charge is 0.223 e. The quantitative estimate of drug-likeness (QED) is 0.757. The zero-order valence-electron chi connectivity index (χ0n) is 16.5. The number of aromatic nitrogens is 3. The lowest BCUT2D eigenvalue weighted by Crippen LogP contribution is -2.57. The zero-order valence-corrected chi connectivity index (χ0v) is 16.5. The van der Waals surface area contributed by atoms with Crippen LogP contribution in [0, 0.1) is 11.3 Å². The molecule has 7 heteroatoms. The molecule has 1 aliphatic heterocycles. The van der Waals surface area contributed by atoms with E-state index in [0.717, 1.165) is 18.5 Å². The Morgan fingerprint density at radius 1 is 1.33 bits per heavy atom. The van der Waals surface area contributed by atoms with Crippen molar-refractivity contribution >= 4 is 17.1 Å². The third-order valence-electron chi connectivity index (χ3n) is 5.26. The van der Waals surface area contributed by atoms with Gasteiger partial charge in [0.25, 0.3) is 0 Å². The molecule has 0 bridgehead atoms. The number of hydrogen-bond donors (Lipinski definition) is 3. The van der Waals surface area contributed by atoms with E-state index in [-0.39, 0.29) is 17.7 Å². The lowest BCUT2D eigenvalue weighted by Gasteiger charge is -2.42. The summed E-state index contributed by atoms with van der Waals surface area (Å²) in [6.07, 6.45) is 5.11. The van der Waals surface area contributed by atoms with Crippen LogP contribution in [0.2, 0.25) is 0 Å². The van der Waals surface area contributed by atoms with Crippen LogP contribution in [0.15, 0.2) is 24.7 Å². The number of amides is 1. The first-order valence-corrected chi connectivity index (χ1v) is 9.47. The fraction of sp³-hybridized carbons (Fsp3) is 0.600. The van der Waals surface area contributed by atoms with Gasteiger partial charge in [0, 0.05) is 30.7 Å². The molecule has 3 atom stereocenters. The van der Waals surface area contributed by atoms with E-state index in [1.807, 2.05) is 26.8 Å². The maximum Gasteiger partial charge on any atom is 0.223 e. The van der Waals surface area contributed by atoms with Crippen molar-refractivity contribution in [1.29, 1.82) is 0 Å². The fourth-order valence-corrected chi connectivity index (χ4v) is 3.70. The topological polar surface area (TPSA) is 100 Å². The first-order chi connectivity index (χ1) is 12.7. The zero-order chi connectivity index (χ0) is 19.7. The SMILES string of the molecule is C[C@@H]1CNC[C@](NC(=O)C[C@@H](O)C(C)(C)C)(c2ccnc3nccnc23)C1. The summed E-state index contributed by atoms with van der Waals surface area (Å²) in [6, 6.07) is 1.91. The molecule has 0 saturated carbocycles. The molecule has 0 unspecified atom stereocenters. The Kier molecular flexibility index (Phi) is 5.44. The Bertz CT molecular complexity index is 814. The molecule has 3 rings (SSSR count). The molecular weight excluding hydrogens is 342 g/mol. The number of nitrogens with one attached hydrogen (secondary N) is 2. The molecule has 0 aromatic carbocycles. The van der Waals surface area contributed by atoms with Crippen LogP contribution < -0.4 is 10.6 Å². The van der Waals surface area contributed by atoms with Crippen LogP contribution in [0.3, 0.4) is 0 Å². The largest absolute Gasteiger partial charge is 0.392 e. The molecule has 1 saturated heterocycles. The van der Waals surface area contributed by atoms with Crippen molar-refractivity contribution in [3.8, 4) is 0 Å². The Hall–Kier alpha value is -2.12. The van der Waals surface area contributed by atoms with E-state index >= 15 is 0 Å². The van der Waals surface area contributed by atoms with Crippen molar-refractivity contribution in [2.45, 2.75) is 52.2 Å². The standard InChI is InChI=1S/C20H29N5O2/c1-13-10-20(12-21-11-13,25-16(27)9-15(26)19(2,3)4)14-5-6-23-18-17(14)22-7-8-24-18/h5-8,13,15,21,26H,9-12H2,1-4H3,(H,25,27)/t13-,15+,20-/m0/s1. The van der Waals surface area contributed by atoms with Crippen LogP contribution in [0.5, 0.6) is 0 Å². The van der Waals surface area contributed by atoms with Crippen molar-refractivity contribution in [1.82, 2.24) is 25.6 Å². The second-order valence-corrected chi connectivity index (χ2v) is 8.74. The molecule has 2 aromatic heterocycles. The molecule has 1 amide bonds. The maximum absolute atomic E-state index is 12.8. The second kappa shape index (κ2) is 7.48. The predicted octanol–water partition coefficient (Wildman–Crippen LogP) is 1.76. The van der Waals surface area contributed by atoms with Gasteiger partial charge in [0.1, 0.15) is 5.52 Å². The summed E-state index contributed by atoms with van der Waals surface area (Å²) < 4.78 is 0. The van der Waals surface area contributed by atoms with E-state index in [0.29, 0.717) is 23.6 Å². The Balaban J connectivity index is 1.97. The molecular formula is C20H29N5O2. The molecule has 1 aliphatic rings. The highest BCUT2D eigenvalue weighted by atomic mass is 16.3. The number of rotatable bonds is 4. The van der Waals surface area contributed by atoms with Gasteiger partial charge in [0.2, 0.25) is 5.91 Å². The molecule has 1 fully saturated rings. The lowest BCUT2D eigenvalue weighted by atomic mass is 9.78. The van der Waals surface area contributed by atoms with Crippen molar-refractivity contribution in [2.75, 3.05) is 13.1 Å². The van der Waals surface area contributed by atoms with Crippen molar-refractivity contribution < 1.29 is 9.90 Å². The van der Waals surface area contributed by atoms with E-state index in [9.17, 15) is 9.90 Å². The van der Waals surface area contributed by atoms with Crippen molar-refractivity contribution in [3.05, 3.63) is 30.2 Å². The fourth-order valence-electron chi connectivity index (χ4n) is 3.70. The molecule has 0 radical (unpaired) electrons. The molecule has 0 spiro atoms. The summed E-state index contributed by atoms with van der Waals surface area (Å²) in [5, 5.41) is 17.0. The summed E-state index contributed by atoms with van der Waals surface area (Å²) in [5.41, 5.74) is 1.23. The second-order valence-electron chi connectivity index (χ2n) is 8.74. The first-order valence-electron chi connectivity index (χ1n) is 9.47. The number of hydrogen-bond acceptors (Lipinski definition) is 6. The number of carbonyl (C=O) groups excluding carboxylic acids is 1.